The van der Waals surface area contributed by atoms with Crippen LogP contribution in [0.25, 0.3) is 5.69 Å². The molecule has 0 spiro atoms. The van der Waals surface area contributed by atoms with Gasteiger partial charge in [-0.15, -0.1) is 0 Å². The van der Waals surface area contributed by atoms with Crippen LogP contribution < -0.4 is 5.32 Å². The number of aromatic nitrogens is 4. The Morgan fingerprint density at radius 1 is 1.20 bits per heavy atom. The number of aliphatic hydroxyl groups is 1. The van der Waals surface area contributed by atoms with Crippen LogP contribution in [0.5, 0.6) is 0 Å². The maximum atomic E-state index is 9.35. The van der Waals surface area contributed by atoms with Crippen LogP contribution in [0.3, 0.4) is 0 Å². The maximum Gasteiger partial charge on any atom is 0.247 e. The van der Waals surface area contributed by atoms with E-state index in [0.717, 1.165) is 25.1 Å². The van der Waals surface area contributed by atoms with E-state index < -0.39 is 0 Å². The predicted octanol–water partition coefficient (Wildman–Crippen LogP) is 1.48. The lowest BCUT2D eigenvalue weighted by Gasteiger charge is -2.17. The predicted molar refractivity (Wildman–Crippen MR) is 75.6 cm³/mol. The van der Waals surface area contributed by atoms with E-state index in [1.807, 2.05) is 30.3 Å². The standard InChI is InChI=1S/C14H19N5O/c20-10-12-6-4-5-11(12)9-15-14-16-17-18-19(14)13-7-2-1-3-8-13/h1-3,7-8,11-12,20H,4-6,9-10H2,(H,15,16,18). The number of nitrogens with zero attached hydrogens (tertiary/aromatic N) is 4. The molecule has 1 saturated carbocycles. The minimum Gasteiger partial charge on any atom is -0.396 e. The highest BCUT2D eigenvalue weighted by Gasteiger charge is 2.26. The first kappa shape index (κ1) is 13.1. The van der Waals surface area contributed by atoms with Crippen LogP contribution in [0.2, 0.25) is 0 Å². The molecule has 1 aliphatic rings. The molecule has 2 aromatic rings. The molecule has 106 valence electrons. The number of tetrazole rings is 1. The van der Waals surface area contributed by atoms with Gasteiger partial charge >= 0.3 is 0 Å². The number of aliphatic hydroxyl groups excluding tert-OH is 1. The van der Waals surface area contributed by atoms with Gasteiger partial charge in [0.1, 0.15) is 0 Å². The van der Waals surface area contributed by atoms with Crippen LogP contribution >= 0.6 is 0 Å². The van der Waals surface area contributed by atoms with Gasteiger partial charge in [-0.1, -0.05) is 29.7 Å². The van der Waals surface area contributed by atoms with Gasteiger partial charge in [-0.3, -0.25) is 0 Å². The Morgan fingerprint density at radius 3 is 2.80 bits per heavy atom. The van der Waals surface area contributed by atoms with E-state index in [2.05, 4.69) is 20.8 Å². The van der Waals surface area contributed by atoms with Gasteiger partial charge in [0.25, 0.3) is 0 Å². The molecule has 0 bridgehead atoms. The SMILES string of the molecule is OCC1CCCC1CNc1nnnn1-c1ccccc1. The van der Waals surface area contributed by atoms with Gasteiger partial charge in [-0.25, -0.2) is 0 Å². The summed E-state index contributed by atoms with van der Waals surface area (Å²) in [6.07, 6.45) is 3.47. The van der Waals surface area contributed by atoms with Gasteiger partial charge in [-0.05, 0) is 47.2 Å². The number of benzene rings is 1. The summed E-state index contributed by atoms with van der Waals surface area (Å²) in [5.41, 5.74) is 0.935. The second kappa shape index (κ2) is 6.00. The van der Waals surface area contributed by atoms with Crippen LogP contribution in [0.15, 0.2) is 30.3 Å². The number of nitrogens with one attached hydrogen (secondary N) is 1. The van der Waals surface area contributed by atoms with Gasteiger partial charge in [-0.2, -0.15) is 4.68 Å². The number of hydrogen-bond acceptors (Lipinski definition) is 5. The van der Waals surface area contributed by atoms with Crippen LogP contribution in [0, 0.1) is 11.8 Å². The van der Waals surface area contributed by atoms with Crippen LogP contribution in [0.4, 0.5) is 5.95 Å². The molecule has 2 unspecified atom stereocenters. The van der Waals surface area contributed by atoms with Crippen molar-refractivity contribution in [3.63, 3.8) is 0 Å². The van der Waals surface area contributed by atoms with E-state index in [4.69, 9.17) is 0 Å². The Bertz CT molecular complexity index is 542. The molecule has 6 heteroatoms. The molecule has 1 aromatic heterocycles. The molecule has 1 aromatic carbocycles. The second-order valence-electron chi connectivity index (χ2n) is 5.26. The lowest BCUT2D eigenvalue weighted by molar-refractivity contribution is 0.198. The average molecular weight is 273 g/mol. The molecule has 3 rings (SSSR count). The zero-order chi connectivity index (χ0) is 13.8. The molecule has 2 atom stereocenters. The first-order valence-corrected chi connectivity index (χ1v) is 7.07. The largest absolute Gasteiger partial charge is 0.396 e. The molecule has 1 heterocycles. The third kappa shape index (κ3) is 2.65. The number of hydrogen-bond donors (Lipinski definition) is 2. The Hall–Kier alpha value is -1.95. The highest BCUT2D eigenvalue weighted by Crippen LogP contribution is 2.31. The van der Waals surface area contributed by atoms with E-state index >= 15 is 0 Å². The highest BCUT2D eigenvalue weighted by atomic mass is 16.3. The Balaban J connectivity index is 1.68. The highest BCUT2D eigenvalue weighted by molar-refractivity contribution is 5.38. The fourth-order valence-corrected chi connectivity index (χ4v) is 2.89. The van der Waals surface area contributed by atoms with Crippen molar-refractivity contribution in [1.82, 2.24) is 20.2 Å². The Labute approximate surface area is 117 Å². The van der Waals surface area contributed by atoms with Crippen LogP contribution in [-0.2, 0) is 0 Å². The Morgan fingerprint density at radius 2 is 2.00 bits per heavy atom. The fraction of sp³-hybridized carbons (Fsp3) is 0.500. The first-order valence-electron chi connectivity index (χ1n) is 7.07. The molecule has 0 saturated heterocycles. The molecule has 0 aliphatic heterocycles. The smallest absolute Gasteiger partial charge is 0.247 e. The topological polar surface area (TPSA) is 75.9 Å². The van der Waals surface area contributed by atoms with Crippen molar-refractivity contribution < 1.29 is 5.11 Å². The normalized spacial score (nSPS) is 22.1. The molecule has 1 aliphatic carbocycles. The summed E-state index contributed by atoms with van der Waals surface area (Å²) in [4.78, 5) is 0. The van der Waals surface area contributed by atoms with Crippen molar-refractivity contribution in [2.75, 3.05) is 18.5 Å². The van der Waals surface area contributed by atoms with Gasteiger partial charge in [0, 0.05) is 13.2 Å². The van der Waals surface area contributed by atoms with E-state index in [0.29, 0.717) is 17.8 Å². The number of anilines is 1. The summed E-state index contributed by atoms with van der Waals surface area (Å²) >= 11 is 0. The van der Waals surface area contributed by atoms with Crippen molar-refractivity contribution in [2.45, 2.75) is 19.3 Å². The summed E-state index contributed by atoms with van der Waals surface area (Å²) in [5, 5.41) is 24.4. The summed E-state index contributed by atoms with van der Waals surface area (Å²) in [7, 11) is 0. The van der Waals surface area contributed by atoms with E-state index in [1.54, 1.807) is 4.68 Å². The van der Waals surface area contributed by atoms with E-state index in [9.17, 15) is 5.11 Å². The van der Waals surface area contributed by atoms with Crippen molar-refractivity contribution in [1.29, 1.82) is 0 Å². The van der Waals surface area contributed by atoms with Crippen molar-refractivity contribution in [2.24, 2.45) is 11.8 Å². The fourth-order valence-electron chi connectivity index (χ4n) is 2.89. The second-order valence-corrected chi connectivity index (χ2v) is 5.26. The van der Waals surface area contributed by atoms with Gasteiger partial charge in [0.05, 0.1) is 5.69 Å². The summed E-state index contributed by atoms with van der Waals surface area (Å²) in [6.45, 7) is 1.08. The molecule has 20 heavy (non-hydrogen) atoms. The van der Waals surface area contributed by atoms with E-state index in [-0.39, 0.29) is 6.61 Å². The molecular weight excluding hydrogens is 254 g/mol. The molecule has 6 nitrogen and oxygen atoms in total. The lowest BCUT2D eigenvalue weighted by atomic mass is 9.97. The monoisotopic (exact) mass is 273 g/mol. The minimum atomic E-state index is 0.274. The average Bonchev–Trinajstić information content (AvgIpc) is 3.14. The Kier molecular flexibility index (Phi) is 3.92. The quantitative estimate of drug-likeness (QED) is 0.863. The van der Waals surface area contributed by atoms with Crippen LogP contribution in [-0.4, -0.2) is 38.5 Å². The lowest BCUT2D eigenvalue weighted by Crippen LogP contribution is -2.22. The van der Waals surface area contributed by atoms with Crippen molar-refractivity contribution in [3.8, 4) is 5.69 Å². The summed E-state index contributed by atoms with van der Waals surface area (Å²) < 4.78 is 1.70. The van der Waals surface area contributed by atoms with Gasteiger partial charge in [0.15, 0.2) is 0 Å². The third-order valence-corrected chi connectivity index (χ3v) is 4.04. The van der Waals surface area contributed by atoms with Gasteiger partial charge < -0.3 is 10.4 Å². The first-order chi connectivity index (χ1) is 9.88. The summed E-state index contributed by atoms with van der Waals surface area (Å²) in [6, 6.07) is 9.81. The zero-order valence-corrected chi connectivity index (χ0v) is 11.3. The molecule has 1 fully saturated rings. The minimum absolute atomic E-state index is 0.274. The third-order valence-electron chi connectivity index (χ3n) is 4.04. The number of rotatable bonds is 5. The van der Waals surface area contributed by atoms with E-state index in [1.165, 1.54) is 6.42 Å². The van der Waals surface area contributed by atoms with Gasteiger partial charge in [0.2, 0.25) is 5.95 Å². The maximum absolute atomic E-state index is 9.35. The summed E-state index contributed by atoms with van der Waals surface area (Å²) in [5.74, 6) is 1.56. The molecule has 2 N–H and O–H groups in total. The van der Waals surface area contributed by atoms with Crippen molar-refractivity contribution in [3.05, 3.63) is 30.3 Å². The zero-order valence-electron chi connectivity index (χ0n) is 11.3. The molecular formula is C14H19N5O. The number of para-hydroxylation sites is 1. The van der Waals surface area contributed by atoms with Crippen LogP contribution in [0.1, 0.15) is 19.3 Å². The molecule has 0 radical (unpaired) electrons. The molecule has 0 amide bonds. The van der Waals surface area contributed by atoms with Crippen molar-refractivity contribution >= 4 is 5.95 Å².